The minimum absolute atomic E-state index is 0.0264. The Bertz CT molecular complexity index is 1370. The van der Waals surface area contributed by atoms with E-state index in [1.165, 1.54) is 12.3 Å². The lowest BCUT2D eigenvalue weighted by molar-refractivity contribution is -0.168. The van der Waals surface area contributed by atoms with E-state index in [0.717, 1.165) is 28.2 Å². The highest BCUT2D eigenvalue weighted by Gasteiger charge is 2.33. The maximum absolute atomic E-state index is 14.0. The van der Waals surface area contributed by atoms with Gasteiger partial charge in [-0.3, -0.25) is 14.7 Å². The lowest BCUT2D eigenvalue weighted by atomic mass is 10.0. The van der Waals surface area contributed by atoms with Crippen LogP contribution in [-0.2, 0) is 11.3 Å². The molecule has 0 unspecified atom stereocenters. The molecule has 0 aliphatic heterocycles. The molecule has 0 spiro atoms. The Hall–Kier alpha value is -4.55. The van der Waals surface area contributed by atoms with Crippen LogP contribution in [0, 0.1) is 11.6 Å². The SMILES string of the molecule is CC(=O)C(F)(F)F.Nc1c(C(=O)c2cccc(CNc3ccn[nH]3)c2)cnn1-c1ccc(F)cc1F. The first-order chi connectivity index (χ1) is 17.0. The Balaban J connectivity index is 0.000000454. The van der Waals surface area contributed by atoms with Crippen molar-refractivity contribution in [2.75, 3.05) is 11.1 Å². The fourth-order valence-electron chi connectivity index (χ4n) is 2.91. The Morgan fingerprint density at radius 2 is 1.83 bits per heavy atom. The van der Waals surface area contributed by atoms with Gasteiger partial charge in [0.15, 0.2) is 11.6 Å². The van der Waals surface area contributed by atoms with Crippen LogP contribution in [0.5, 0.6) is 0 Å². The van der Waals surface area contributed by atoms with Crippen LogP contribution in [0.3, 0.4) is 0 Å². The third-order valence-corrected chi connectivity index (χ3v) is 4.76. The predicted octanol–water partition coefficient (Wildman–Crippen LogP) is 4.44. The quantitative estimate of drug-likeness (QED) is 0.263. The van der Waals surface area contributed by atoms with E-state index in [-0.39, 0.29) is 22.9 Å². The van der Waals surface area contributed by atoms with Crippen molar-refractivity contribution in [2.24, 2.45) is 0 Å². The van der Waals surface area contributed by atoms with Gasteiger partial charge in [-0.05, 0) is 29.8 Å². The molecule has 0 radical (unpaired) electrons. The summed E-state index contributed by atoms with van der Waals surface area (Å²) in [5, 5.41) is 13.8. The zero-order valence-electron chi connectivity index (χ0n) is 18.6. The molecule has 188 valence electrons. The highest BCUT2D eigenvalue weighted by molar-refractivity contribution is 6.11. The second kappa shape index (κ2) is 10.8. The van der Waals surface area contributed by atoms with Crippen LogP contribution in [0.25, 0.3) is 5.69 Å². The van der Waals surface area contributed by atoms with Crippen LogP contribution in [0.4, 0.5) is 33.6 Å². The number of H-pyrrole nitrogens is 1. The number of hydrogen-bond donors (Lipinski definition) is 3. The van der Waals surface area contributed by atoms with Crippen molar-refractivity contribution in [3.63, 3.8) is 0 Å². The Labute approximate surface area is 200 Å². The van der Waals surface area contributed by atoms with Crippen LogP contribution in [-0.4, -0.2) is 37.7 Å². The van der Waals surface area contributed by atoms with Gasteiger partial charge in [0, 0.05) is 25.1 Å². The number of halogens is 5. The molecule has 13 heteroatoms. The van der Waals surface area contributed by atoms with Crippen molar-refractivity contribution in [1.82, 2.24) is 20.0 Å². The zero-order valence-corrected chi connectivity index (χ0v) is 18.6. The Morgan fingerprint density at radius 3 is 2.44 bits per heavy atom. The molecule has 2 heterocycles. The molecule has 0 saturated carbocycles. The van der Waals surface area contributed by atoms with Crippen molar-refractivity contribution >= 4 is 23.2 Å². The highest BCUT2D eigenvalue weighted by Crippen LogP contribution is 2.23. The van der Waals surface area contributed by atoms with Crippen molar-refractivity contribution in [3.8, 4) is 5.69 Å². The number of alkyl halides is 3. The van der Waals surface area contributed by atoms with E-state index >= 15 is 0 Å². The summed E-state index contributed by atoms with van der Waals surface area (Å²) in [4.78, 5) is 22.3. The number of rotatable bonds is 6. The molecule has 0 amide bonds. The van der Waals surface area contributed by atoms with Gasteiger partial charge >= 0.3 is 6.18 Å². The van der Waals surface area contributed by atoms with Gasteiger partial charge in [-0.25, -0.2) is 13.5 Å². The lowest BCUT2D eigenvalue weighted by Crippen LogP contribution is -2.18. The number of hydrogen-bond acceptors (Lipinski definition) is 6. The topological polar surface area (TPSA) is 119 Å². The summed E-state index contributed by atoms with van der Waals surface area (Å²) < 4.78 is 60.8. The molecule has 4 N–H and O–H groups in total. The molecule has 4 rings (SSSR count). The Morgan fingerprint density at radius 1 is 1.11 bits per heavy atom. The number of anilines is 2. The number of aromatic amines is 1. The number of ketones is 2. The highest BCUT2D eigenvalue weighted by atomic mass is 19.4. The normalized spacial score (nSPS) is 10.9. The Kier molecular flexibility index (Phi) is 7.82. The number of aromatic nitrogens is 4. The van der Waals surface area contributed by atoms with Gasteiger partial charge in [0.05, 0.1) is 18.0 Å². The molecule has 0 aliphatic rings. The van der Waals surface area contributed by atoms with Gasteiger partial charge in [-0.2, -0.15) is 23.4 Å². The number of nitrogens with one attached hydrogen (secondary N) is 2. The largest absolute Gasteiger partial charge is 0.449 e. The van der Waals surface area contributed by atoms with E-state index in [9.17, 15) is 31.5 Å². The third-order valence-electron chi connectivity index (χ3n) is 4.76. The summed E-state index contributed by atoms with van der Waals surface area (Å²) in [6, 6.07) is 11.9. The van der Waals surface area contributed by atoms with Crippen LogP contribution >= 0.6 is 0 Å². The average molecular weight is 506 g/mol. The molecular weight excluding hydrogens is 487 g/mol. The maximum atomic E-state index is 14.0. The van der Waals surface area contributed by atoms with Gasteiger partial charge < -0.3 is 11.1 Å². The second-order valence-corrected chi connectivity index (χ2v) is 7.36. The molecule has 36 heavy (non-hydrogen) atoms. The summed E-state index contributed by atoms with van der Waals surface area (Å²) in [5.41, 5.74) is 7.42. The van der Waals surface area contributed by atoms with Gasteiger partial charge in [0.1, 0.15) is 23.1 Å². The van der Waals surface area contributed by atoms with Crippen LogP contribution in [0.2, 0.25) is 0 Å². The first kappa shape index (κ1) is 26.1. The summed E-state index contributed by atoms with van der Waals surface area (Å²) in [5.74, 6) is -2.92. The number of carbonyl (C=O) groups excluding carboxylic acids is 2. The number of nitrogen functional groups attached to an aromatic ring is 1. The number of benzene rings is 2. The number of nitrogens with zero attached hydrogens (tertiary/aromatic N) is 3. The number of nitrogens with two attached hydrogens (primary N) is 1. The summed E-state index contributed by atoms with van der Waals surface area (Å²) >= 11 is 0. The van der Waals surface area contributed by atoms with Crippen molar-refractivity contribution in [2.45, 2.75) is 19.6 Å². The van der Waals surface area contributed by atoms with Crippen LogP contribution < -0.4 is 11.1 Å². The van der Waals surface area contributed by atoms with E-state index in [1.54, 1.807) is 30.5 Å². The fraction of sp³-hybridized carbons (Fsp3) is 0.130. The smallest absolute Gasteiger partial charge is 0.383 e. The molecular formula is C23H19F5N6O2. The van der Waals surface area contributed by atoms with Gasteiger partial charge in [0.2, 0.25) is 5.78 Å². The molecule has 2 aromatic carbocycles. The van der Waals surface area contributed by atoms with Gasteiger partial charge in [-0.1, -0.05) is 18.2 Å². The molecule has 4 aromatic rings. The minimum Gasteiger partial charge on any atom is -0.383 e. The van der Waals surface area contributed by atoms with E-state index in [1.807, 2.05) is 6.07 Å². The molecule has 0 saturated heterocycles. The minimum atomic E-state index is -4.64. The third kappa shape index (κ3) is 6.31. The summed E-state index contributed by atoms with van der Waals surface area (Å²) in [6.45, 7) is 0.971. The lowest BCUT2D eigenvalue weighted by Gasteiger charge is -2.08. The van der Waals surface area contributed by atoms with Crippen LogP contribution in [0.15, 0.2) is 60.9 Å². The summed E-state index contributed by atoms with van der Waals surface area (Å²) in [7, 11) is 0. The first-order valence-electron chi connectivity index (χ1n) is 10.2. The molecule has 8 nitrogen and oxygen atoms in total. The predicted molar refractivity (Wildman–Crippen MR) is 120 cm³/mol. The molecule has 0 aliphatic carbocycles. The van der Waals surface area contributed by atoms with Gasteiger partial charge in [-0.15, -0.1) is 0 Å². The molecule has 0 bridgehead atoms. The van der Waals surface area contributed by atoms with Crippen molar-refractivity contribution < 1.29 is 31.5 Å². The van der Waals surface area contributed by atoms with E-state index in [2.05, 4.69) is 20.6 Å². The number of carbonyl (C=O) groups is 2. The summed E-state index contributed by atoms with van der Waals surface area (Å²) in [6.07, 6.45) is -1.73. The fourth-order valence-corrected chi connectivity index (χ4v) is 2.91. The zero-order chi connectivity index (χ0) is 26.5. The standard InChI is InChI=1S/C20H16F2N6O.C3H3F3O/c21-14-4-5-17(16(22)9-14)28-20(23)15(11-26-28)19(29)13-3-1-2-12(8-13)10-24-18-6-7-25-27-18;1-2(7)3(4,5)6/h1-9,11H,10,23H2,(H2,24,25,27);1H3. The molecule has 2 aromatic heterocycles. The van der Waals surface area contributed by atoms with Gasteiger partial charge in [0.25, 0.3) is 0 Å². The number of Topliss-reactive ketones (excluding diaryl/α,β-unsaturated/α-hetero) is 1. The van der Waals surface area contributed by atoms with E-state index in [0.29, 0.717) is 19.0 Å². The van der Waals surface area contributed by atoms with Crippen LogP contribution in [0.1, 0.15) is 28.4 Å². The maximum Gasteiger partial charge on any atom is 0.449 e. The van der Waals surface area contributed by atoms with E-state index < -0.39 is 23.6 Å². The first-order valence-corrected chi connectivity index (χ1v) is 10.2. The average Bonchev–Trinajstić information content (AvgIpc) is 3.47. The van der Waals surface area contributed by atoms with Crippen molar-refractivity contribution in [3.05, 3.63) is 89.2 Å². The molecule has 0 fully saturated rings. The monoisotopic (exact) mass is 506 g/mol. The van der Waals surface area contributed by atoms with E-state index in [4.69, 9.17) is 5.73 Å². The second-order valence-electron chi connectivity index (χ2n) is 7.36. The van der Waals surface area contributed by atoms with Crippen molar-refractivity contribution in [1.29, 1.82) is 0 Å². The molecule has 0 atom stereocenters.